The fourth-order valence-corrected chi connectivity index (χ4v) is 1.54. The van der Waals surface area contributed by atoms with E-state index in [9.17, 15) is 9.59 Å². The van der Waals surface area contributed by atoms with Gasteiger partial charge in [0.05, 0.1) is 7.11 Å². The van der Waals surface area contributed by atoms with Crippen molar-refractivity contribution < 1.29 is 14.3 Å². The van der Waals surface area contributed by atoms with Gasteiger partial charge in [0.2, 0.25) is 11.8 Å². The molecule has 2 amide bonds. The summed E-state index contributed by atoms with van der Waals surface area (Å²) in [6.45, 7) is 4.01. The third-order valence-electron chi connectivity index (χ3n) is 2.65. The molecule has 0 fully saturated rings. The second-order valence-corrected chi connectivity index (χ2v) is 4.23. The lowest BCUT2D eigenvalue weighted by Crippen LogP contribution is -2.44. The number of amides is 2. The summed E-state index contributed by atoms with van der Waals surface area (Å²) < 4.78 is 5.05. The average Bonchev–Trinajstić information content (AvgIpc) is 2.45. The van der Waals surface area contributed by atoms with Crippen molar-refractivity contribution in [3.63, 3.8) is 0 Å². The van der Waals surface area contributed by atoms with E-state index in [2.05, 4.69) is 10.6 Å². The normalized spacial score (nSPS) is 11.9. The van der Waals surface area contributed by atoms with Gasteiger partial charge in [-0.1, -0.05) is 12.1 Å². The molecule has 1 aromatic rings. The number of nitrogens with one attached hydrogen (secondary N) is 2. The predicted molar refractivity (Wildman–Crippen MR) is 78.3 cm³/mol. The van der Waals surface area contributed by atoms with E-state index >= 15 is 0 Å². The van der Waals surface area contributed by atoms with Crippen LogP contribution in [0.5, 0.6) is 5.75 Å². The number of carbonyl (C=O) groups is 2. The molecular formula is C15H20N2O3. The first-order valence-electron chi connectivity index (χ1n) is 6.47. The Bertz CT molecular complexity index is 480. The Kier molecular flexibility index (Phi) is 6.29. The molecule has 0 saturated heterocycles. The van der Waals surface area contributed by atoms with Crippen LogP contribution in [0.4, 0.5) is 0 Å². The van der Waals surface area contributed by atoms with Crippen LogP contribution in [0.1, 0.15) is 19.4 Å². The van der Waals surface area contributed by atoms with E-state index in [-0.39, 0.29) is 11.8 Å². The van der Waals surface area contributed by atoms with Crippen LogP contribution in [-0.4, -0.2) is 31.5 Å². The number of hydrogen-bond donors (Lipinski definition) is 2. The highest BCUT2D eigenvalue weighted by atomic mass is 16.5. The molecule has 20 heavy (non-hydrogen) atoms. The van der Waals surface area contributed by atoms with E-state index in [0.29, 0.717) is 6.54 Å². The third-order valence-corrected chi connectivity index (χ3v) is 2.65. The zero-order valence-electron chi connectivity index (χ0n) is 12.0. The Morgan fingerprint density at radius 2 is 1.95 bits per heavy atom. The van der Waals surface area contributed by atoms with Crippen LogP contribution >= 0.6 is 0 Å². The molecule has 0 spiro atoms. The van der Waals surface area contributed by atoms with E-state index in [1.807, 2.05) is 31.2 Å². The zero-order valence-corrected chi connectivity index (χ0v) is 12.0. The quantitative estimate of drug-likeness (QED) is 0.771. The van der Waals surface area contributed by atoms with Crippen LogP contribution in [0, 0.1) is 0 Å². The number of carbonyl (C=O) groups excluding carboxylic acids is 2. The van der Waals surface area contributed by atoms with E-state index in [1.165, 1.54) is 6.08 Å². The van der Waals surface area contributed by atoms with Gasteiger partial charge in [-0.2, -0.15) is 0 Å². The van der Waals surface area contributed by atoms with Crippen molar-refractivity contribution in [1.29, 1.82) is 0 Å². The fourth-order valence-electron chi connectivity index (χ4n) is 1.54. The molecule has 0 heterocycles. The third kappa shape index (κ3) is 5.14. The van der Waals surface area contributed by atoms with Crippen LogP contribution in [-0.2, 0) is 9.59 Å². The largest absolute Gasteiger partial charge is 0.497 e. The molecule has 2 N–H and O–H groups in total. The molecule has 0 aliphatic carbocycles. The first-order chi connectivity index (χ1) is 9.56. The lowest BCUT2D eigenvalue weighted by molar-refractivity contribution is -0.126. The molecule has 1 rings (SSSR count). The Labute approximate surface area is 119 Å². The summed E-state index contributed by atoms with van der Waals surface area (Å²) >= 11 is 0. The molecule has 108 valence electrons. The summed E-state index contributed by atoms with van der Waals surface area (Å²) in [7, 11) is 1.60. The van der Waals surface area contributed by atoms with Crippen molar-refractivity contribution in [3.8, 4) is 5.75 Å². The summed E-state index contributed by atoms with van der Waals surface area (Å²) in [5.41, 5.74) is 0.881. The maximum absolute atomic E-state index is 11.7. The maximum atomic E-state index is 11.7. The zero-order chi connectivity index (χ0) is 15.0. The van der Waals surface area contributed by atoms with Gasteiger partial charge in [-0.05, 0) is 37.6 Å². The van der Waals surface area contributed by atoms with Gasteiger partial charge in [-0.15, -0.1) is 0 Å². The van der Waals surface area contributed by atoms with Gasteiger partial charge in [-0.25, -0.2) is 0 Å². The van der Waals surface area contributed by atoms with Crippen LogP contribution in [0.3, 0.4) is 0 Å². The molecular weight excluding hydrogens is 256 g/mol. The van der Waals surface area contributed by atoms with Crippen LogP contribution in [0.15, 0.2) is 30.3 Å². The smallest absolute Gasteiger partial charge is 0.244 e. The van der Waals surface area contributed by atoms with Crippen LogP contribution < -0.4 is 15.4 Å². The van der Waals surface area contributed by atoms with E-state index in [1.54, 1.807) is 20.1 Å². The number of hydrogen-bond acceptors (Lipinski definition) is 3. The maximum Gasteiger partial charge on any atom is 0.244 e. The molecule has 0 aliphatic rings. The van der Waals surface area contributed by atoms with Gasteiger partial charge < -0.3 is 15.4 Å². The molecule has 1 atom stereocenters. The van der Waals surface area contributed by atoms with Crippen molar-refractivity contribution in [1.82, 2.24) is 10.6 Å². The number of likely N-dealkylation sites (N-methyl/N-ethyl adjacent to an activating group) is 1. The molecule has 0 aromatic heterocycles. The first-order valence-corrected chi connectivity index (χ1v) is 6.47. The standard InChI is InChI=1S/C15H20N2O3/c1-4-16-15(19)11(2)17-14(18)10-7-12-5-8-13(20-3)9-6-12/h5-11H,4H2,1-3H3,(H,16,19)(H,17,18)/b10-7+. The highest BCUT2D eigenvalue weighted by Gasteiger charge is 2.12. The van der Waals surface area contributed by atoms with Crippen molar-refractivity contribution in [2.75, 3.05) is 13.7 Å². The number of ether oxygens (including phenoxy) is 1. The topological polar surface area (TPSA) is 67.4 Å². The summed E-state index contributed by atoms with van der Waals surface area (Å²) in [4.78, 5) is 23.1. The second kappa shape index (κ2) is 7.99. The van der Waals surface area contributed by atoms with Gasteiger partial charge in [0.1, 0.15) is 11.8 Å². The Balaban J connectivity index is 2.52. The number of benzene rings is 1. The van der Waals surface area contributed by atoms with Gasteiger partial charge in [-0.3, -0.25) is 9.59 Å². The number of methoxy groups -OCH3 is 1. The Morgan fingerprint density at radius 3 is 2.50 bits per heavy atom. The molecule has 1 aromatic carbocycles. The van der Waals surface area contributed by atoms with Gasteiger partial charge in [0.25, 0.3) is 0 Å². The summed E-state index contributed by atoms with van der Waals surface area (Å²) in [6, 6.07) is 6.76. The molecule has 0 bridgehead atoms. The van der Waals surface area contributed by atoms with E-state index in [4.69, 9.17) is 4.74 Å². The molecule has 5 nitrogen and oxygen atoms in total. The SMILES string of the molecule is CCNC(=O)C(C)NC(=O)/C=C/c1ccc(OC)cc1. The minimum Gasteiger partial charge on any atom is -0.497 e. The van der Waals surface area contributed by atoms with E-state index < -0.39 is 6.04 Å². The molecule has 0 radical (unpaired) electrons. The summed E-state index contributed by atoms with van der Waals surface area (Å²) in [5.74, 6) is 0.259. The van der Waals surface area contributed by atoms with Crippen molar-refractivity contribution in [3.05, 3.63) is 35.9 Å². The predicted octanol–water partition coefficient (Wildman–Crippen LogP) is 1.35. The monoisotopic (exact) mass is 276 g/mol. The van der Waals surface area contributed by atoms with Gasteiger partial charge in [0, 0.05) is 12.6 Å². The van der Waals surface area contributed by atoms with Gasteiger partial charge >= 0.3 is 0 Å². The minimum atomic E-state index is -0.553. The number of rotatable bonds is 6. The summed E-state index contributed by atoms with van der Waals surface area (Å²) in [5, 5.41) is 5.24. The molecule has 5 heteroatoms. The minimum absolute atomic E-state index is 0.196. The van der Waals surface area contributed by atoms with Gasteiger partial charge in [0.15, 0.2) is 0 Å². The highest BCUT2D eigenvalue weighted by molar-refractivity contribution is 5.95. The second-order valence-electron chi connectivity index (χ2n) is 4.23. The lowest BCUT2D eigenvalue weighted by Gasteiger charge is -2.11. The van der Waals surface area contributed by atoms with Crippen molar-refractivity contribution >= 4 is 17.9 Å². The van der Waals surface area contributed by atoms with Crippen molar-refractivity contribution in [2.24, 2.45) is 0 Å². The average molecular weight is 276 g/mol. The molecule has 0 saturated carbocycles. The lowest BCUT2D eigenvalue weighted by atomic mass is 10.2. The fraction of sp³-hybridized carbons (Fsp3) is 0.333. The molecule has 0 aliphatic heterocycles. The molecule has 1 unspecified atom stereocenters. The first kappa shape index (κ1) is 15.8. The van der Waals surface area contributed by atoms with Crippen LogP contribution in [0.2, 0.25) is 0 Å². The van der Waals surface area contributed by atoms with Crippen LogP contribution in [0.25, 0.3) is 6.08 Å². The highest BCUT2D eigenvalue weighted by Crippen LogP contribution is 2.12. The van der Waals surface area contributed by atoms with E-state index in [0.717, 1.165) is 11.3 Å². The Hall–Kier alpha value is -2.30. The Morgan fingerprint density at radius 1 is 1.30 bits per heavy atom. The van der Waals surface area contributed by atoms with Crippen molar-refractivity contribution in [2.45, 2.75) is 19.9 Å². The summed E-state index contributed by atoms with van der Waals surface area (Å²) in [6.07, 6.45) is 3.08.